The fraction of sp³-hybridized carbons (Fsp3) is 0.462. The van der Waals surface area contributed by atoms with Crippen molar-refractivity contribution in [1.82, 2.24) is 0 Å². The lowest BCUT2D eigenvalue weighted by atomic mass is 10.2. The molecule has 1 aliphatic rings. The molecule has 2 rings (SSSR count). The summed E-state index contributed by atoms with van der Waals surface area (Å²) in [6.07, 6.45) is 0.632. The van der Waals surface area contributed by atoms with Crippen LogP contribution in [0.25, 0.3) is 0 Å². The molecule has 0 bridgehead atoms. The van der Waals surface area contributed by atoms with E-state index in [1.807, 2.05) is 18.2 Å². The summed E-state index contributed by atoms with van der Waals surface area (Å²) in [5.41, 5.74) is 1.73. The van der Waals surface area contributed by atoms with Gasteiger partial charge in [-0.1, -0.05) is 6.92 Å². The number of ether oxygens (including phenoxy) is 1. The Morgan fingerprint density at radius 2 is 2.29 bits per heavy atom. The van der Waals surface area contributed by atoms with E-state index in [-0.39, 0.29) is 5.91 Å². The first-order chi connectivity index (χ1) is 8.10. The van der Waals surface area contributed by atoms with Gasteiger partial charge in [0.25, 0.3) is 5.91 Å². The highest BCUT2D eigenvalue weighted by atomic mass is 16.5. The molecule has 0 aliphatic carbocycles. The van der Waals surface area contributed by atoms with Crippen molar-refractivity contribution in [2.45, 2.75) is 39.3 Å². The molecule has 2 atom stereocenters. The number of hydrogen-bond donors (Lipinski definition) is 2. The molecule has 0 fully saturated rings. The van der Waals surface area contributed by atoms with Crippen molar-refractivity contribution < 1.29 is 9.53 Å². The van der Waals surface area contributed by atoms with Crippen LogP contribution in [0.1, 0.15) is 27.2 Å². The van der Waals surface area contributed by atoms with Crippen molar-refractivity contribution in [1.29, 1.82) is 0 Å². The summed E-state index contributed by atoms with van der Waals surface area (Å²) in [5.74, 6) is 0.630. The Balaban J connectivity index is 2.19. The maximum Gasteiger partial charge on any atom is 0.265 e. The van der Waals surface area contributed by atoms with Gasteiger partial charge in [0, 0.05) is 11.7 Å². The molecule has 0 spiro atoms. The van der Waals surface area contributed by atoms with Gasteiger partial charge in [-0.2, -0.15) is 0 Å². The quantitative estimate of drug-likeness (QED) is 0.845. The minimum absolute atomic E-state index is 0.0989. The molecular formula is C13H18N2O2. The third-order valence-corrected chi connectivity index (χ3v) is 2.94. The molecule has 0 aromatic heterocycles. The Morgan fingerprint density at radius 1 is 1.53 bits per heavy atom. The van der Waals surface area contributed by atoms with E-state index in [0.717, 1.165) is 23.5 Å². The van der Waals surface area contributed by atoms with Crippen molar-refractivity contribution in [3.63, 3.8) is 0 Å². The van der Waals surface area contributed by atoms with Crippen LogP contribution in [0.3, 0.4) is 0 Å². The molecule has 0 saturated carbocycles. The third-order valence-electron chi connectivity index (χ3n) is 2.94. The van der Waals surface area contributed by atoms with Gasteiger partial charge in [-0.25, -0.2) is 0 Å². The van der Waals surface area contributed by atoms with E-state index in [0.29, 0.717) is 6.04 Å². The number of amides is 1. The van der Waals surface area contributed by atoms with Gasteiger partial charge in [0.1, 0.15) is 5.75 Å². The molecule has 4 nitrogen and oxygen atoms in total. The molecule has 1 amide bonds. The van der Waals surface area contributed by atoms with Crippen molar-refractivity contribution in [3.8, 4) is 5.75 Å². The van der Waals surface area contributed by atoms with Crippen LogP contribution in [0.15, 0.2) is 18.2 Å². The number of anilines is 2. The Kier molecular flexibility index (Phi) is 3.22. The van der Waals surface area contributed by atoms with Gasteiger partial charge < -0.3 is 15.4 Å². The smallest absolute Gasteiger partial charge is 0.265 e. The number of nitrogens with one attached hydrogen (secondary N) is 2. The van der Waals surface area contributed by atoms with Crippen LogP contribution < -0.4 is 15.4 Å². The SMILES string of the molecule is CCC(C)Nc1ccc2c(c1)NC(=O)C(C)O2. The highest BCUT2D eigenvalue weighted by Gasteiger charge is 2.23. The van der Waals surface area contributed by atoms with Crippen LogP contribution in [0.4, 0.5) is 11.4 Å². The van der Waals surface area contributed by atoms with Gasteiger partial charge in [0.15, 0.2) is 6.10 Å². The summed E-state index contributed by atoms with van der Waals surface area (Å²) < 4.78 is 5.49. The number of carbonyl (C=O) groups excluding carboxylic acids is 1. The number of fused-ring (bicyclic) bond motifs is 1. The van der Waals surface area contributed by atoms with Crippen molar-refractivity contribution >= 4 is 17.3 Å². The van der Waals surface area contributed by atoms with Gasteiger partial charge in [0.05, 0.1) is 5.69 Å². The highest BCUT2D eigenvalue weighted by molar-refractivity contribution is 5.98. The maximum atomic E-state index is 11.5. The van der Waals surface area contributed by atoms with E-state index in [9.17, 15) is 4.79 Å². The number of benzene rings is 1. The third kappa shape index (κ3) is 2.52. The fourth-order valence-corrected chi connectivity index (χ4v) is 1.69. The molecule has 17 heavy (non-hydrogen) atoms. The highest BCUT2D eigenvalue weighted by Crippen LogP contribution is 2.32. The zero-order valence-corrected chi connectivity index (χ0v) is 10.4. The second-order valence-electron chi connectivity index (χ2n) is 4.41. The minimum atomic E-state index is -0.420. The predicted octanol–water partition coefficient (Wildman–Crippen LogP) is 2.62. The molecule has 1 aliphatic heterocycles. The van der Waals surface area contributed by atoms with Crippen molar-refractivity contribution in [2.75, 3.05) is 10.6 Å². The topological polar surface area (TPSA) is 50.4 Å². The summed E-state index contributed by atoms with van der Waals surface area (Å²) in [5, 5.41) is 6.20. The Labute approximate surface area is 101 Å². The fourth-order valence-electron chi connectivity index (χ4n) is 1.69. The molecule has 4 heteroatoms. The van der Waals surface area contributed by atoms with Crippen LogP contribution in [-0.2, 0) is 4.79 Å². The molecule has 0 saturated heterocycles. The average molecular weight is 234 g/mol. The number of carbonyl (C=O) groups is 1. The summed E-state index contributed by atoms with van der Waals surface area (Å²) in [7, 11) is 0. The van der Waals surface area contributed by atoms with E-state index < -0.39 is 6.10 Å². The molecule has 92 valence electrons. The second-order valence-corrected chi connectivity index (χ2v) is 4.41. The normalized spacial score (nSPS) is 19.9. The Hall–Kier alpha value is -1.71. The van der Waals surface area contributed by atoms with E-state index in [4.69, 9.17) is 4.74 Å². The van der Waals surface area contributed by atoms with Crippen molar-refractivity contribution in [2.24, 2.45) is 0 Å². The van der Waals surface area contributed by atoms with E-state index >= 15 is 0 Å². The number of hydrogen-bond acceptors (Lipinski definition) is 3. The largest absolute Gasteiger partial charge is 0.479 e. The molecule has 1 heterocycles. The van der Waals surface area contributed by atoms with Gasteiger partial charge in [-0.15, -0.1) is 0 Å². The zero-order chi connectivity index (χ0) is 12.4. The molecule has 2 unspecified atom stereocenters. The van der Waals surface area contributed by atoms with Crippen molar-refractivity contribution in [3.05, 3.63) is 18.2 Å². The summed E-state index contributed by atoms with van der Waals surface area (Å²) in [4.78, 5) is 11.5. The molecule has 0 radical (unpaired) electrons. The molecule has 2 N–H and O–H groups in total. The minimum Gasteiger partial charge on any atom is -0.479 e. The lowest BCUT2D eigenvalue weighted by Gasteiger charge is -2.24. The first-order valence-corrected chi connectivity index (χ1v) is 5.98. The summed E-state index contributed by atoms with van der Waals surface area (Å²) in [6.45, 7) is 5.99. The summed E-state index contributed by atoms with van der Waals surface area (Å²) in [6, 6.07) is 6.17. The Bertz CT molecular complexity index is 431. The maximum absolute atomic E-state index is 11.5. The van der Waals surface area contributed by atoms with Gasteiger partial charge >= 0.3 is 0 Å². The van der Waals surface area contributed by atoms with E-state index in [1.165, 1.54) is 0 Å². The monoisotopic (exact) mass is 234 g/mol. The first-order valence-electron chi connectivity index (χ1n) is 5.98. The lowest BCUT2D eigenvalue weighted by Crippen LogP contribution is -2.34. The number of rotatable bonds is 3. The van der Waals surface area contributed by atoms with Crippen LogP contribution >= 0.6 is 0 Å². The van der Waals surface area contributed by atoms with Gasteiger partial charge in [-0.05, 0) is 38.5 Å². The van der Waals surface area contributed by atoms with Crippen LogP contribution in [-0.4, -0.2) is 18.1 Å². The van der Waals surface area contributed by atoms with E-state index in [2.05, 4.69) is 24.5 Å². The van der Waals surface area contributed by atoms with Gasteiger partial charge in [-0.3, -0.25) is 4.79 Å². The predicted molar refractivity (Wildman–Crippen MR) is 68.5 cm³/mol. The molecule has 1 aromatic carbocycles. The molecular weight excluding hydrogens is 216 g/mol. The van der Waals surface area contributed by atoms with Crippen LogP contribution in [0.2, 0.25) is 0 Å². The van der Waals surface area contributed by atoms with Gasteiger partial charge in [0.2, 0.25) is 0 Å². The standard InChI is InChI=1S/C13H18N2O2/c1-4-8(2)14-10-5-6-12-11(7-10)15-13(16)9(3)17-12/h5-9,14H,4H2,1-3H3,(H,15,16). The zero-order valence-electron chi connectivity index (χ0n) is 10.4. The average Bonchev–Trinajstić information content (AvgIpc) is 2.31. The van der Waals surface area contributed by atoms with Crippen LogP contribution in [0.5, 0.6) is 5.75 Å². The second kappa shape index (κ2) is 4.65. The molecule has 1 aromatic rings. The first kappa shape index (κ1) is 11.8. The lowest BCUT2D eigenvalue weighted by molar-refractivity contribution is -0.122. The summed E-state index contributed by atoms with van der Waals surface area (Å²) >= 11 is 0. The van der Waals surface area contributed by atoms with E-state index in [1.54, 1.807) is 6.92 Å². The van der Waals surface area contributed by atoms with Crippen LogP contribution in [0, 0.1) is 0 Å². The Morgan fingerprint density at radius 3 is 3.00 bits per heavy atom.